The van der Waals surface area contributed by atoms with Crippen molar-refractivity contribution in [1.82, 2.24) is 15.1 Å². The van der Waals surface area contributed by atoms with Crippen molar-refractivity contribution in [3.63, 3.8) is 0 Å². The lowest BCUT2D eigenvalue weighted by Gasteiger charge is -2.45. The first-order valence-corrected chi connectivity index (χ1v) is 5.79. The van der Waals surface area contributed by atoms with Crippen molar-refractivity contribution in [2.45, 2.75) is 25.8 Å². The van der Waals surface area contributed by atoms with E-state index in [1.807, 2.05) is 7.05 Å². The van der Waals surface area contributed by atoms with Gasteiger partial charge in [-0.25, -0.2) is 4.79 Å². The molecule has 1 saturated heterocycles. The highest BCUT2D eigenvalue weighted by Crippen LogP contribution is 2.18. The van der Waals surface area contributed by atoms with Gasteiger partial charge in [0.25, 0.3) is 0 Å². The van der Waals surface area contributed by atoms with Crippen LogP contribution in [0.15, 0.2) is 0 Å². The lowest BCUT2D eigenvalue weighted by Crippen LogP contribution is -2.60. The molecule has 0 atom stereocenters. The highest BCUT2D eigenvalue weighted by Gasteiger charge is 2.32. The summed E-state index contributed by atoms with van der Waals surface area (Å²) in [5.41, 5.74) is -0.0393. The minimum absolute atomic E-state index is 0.0388. The summed E-state index contributed by atoms with van der Waals surface area (Å²) < 4.78 is 0. The van der Waals surface area contributed by atoms with Gasteiger partial charge in [-0.15, -0.1) is 0 Å². The molecular formula is C11H21N3O3. The van der Waals surface area contributed by atoms with E-state index in [9.17, 15) is 9.59 Å². The van der Waals surface area contributed by atoms with Gasteiger partial charge in [-0.2, -0.15) is 0 Å². The quantitative estimate of drug-likeness (QED) is 0.742. The number of nitrogens with zero attached hydrogens (tertiary/aromatic N) is 2. The van der Waals surface area contributed by atoms with Crippen molar-refractivity contribution in [3.05, 3.63) is 0 Å². The molecule has 0 radical (unpaired) electrons. The van der Waals surface area contributed by atoms with Crippen molar-refractivity contribution in [1.29, 1.82) is 0 Å². The number of urea groups is 1. The summed E-state index contributed by atoms with van der Waals surface area (Å²) in [5, 5.41) is 11.1. The summed E-state index contributed by atoms with van der Waals surface area (Å²) in [6.07, 6.45) is -0.0388. The zero-order valence-corrected chi connectivity index (χ0v) is 10.7. The Morgan fingerprint density at radius 1 is 1.35 bits per heavy atom. The first-order chi connectivity index (χ1) is 7.83. The maximum Gasteiger partial charge on any atom is 0.317 e. The Hall–Kier alpha value is -1.30. The predicted octanol–water partition coefficient (Wildman–Crippen LogP) is 0.197. The lowest BCUT2D eigenvalue weighted by molar-refractivity contribution is -0.136. The lowest BCUT2D eigenvalue weighted by atomic mass is 10.0. The van der Waals surface area contributed by atoms with Gasteiger partial charge >= 0.3 is 12.0 Å². The standard InChI is InChI=1S/C11H21N3O3/c1-11(2)8-14(7-6-13(11)3)10(17)12-5-4-9(15)16/h4-8H2,1-3H3,(H,12,17)(H,15,16). The third-order valence-electron chi connectivity index (χ3n) is 3.22. The normalized spacial score (nSPS) is 20.1. The molecule has 0 aliphatic carbocycles. The fourth-order valence-electron chi connectivity index (χ4n) is 1.80. The van der Waals surface area contributed by atoms with E-state index in [-0.39, 0.29) is 24.5 Å². The number of rotatable bonds is 3. The van der Waals surface area contributed by atoms with Crippen molar-refractivity contribution < 1.29 is 14.7 Å². The Bertz CT molecular complexity index is 304. The van der Waals surface area contributed by atoms with Crippen LogP contribution in [0.2, 0.25) is 0 Å². The van der Waals surface area contributed by atoms with Crippen molar-refractivity contribution in [3.8, 4) is 0 Å². The minimum atomic E-state index is -0.899. The predicted molar refractivity (Wildman–Crippen MR) is 63.9 cm³/mol. The number of piperazine rings is 1. The topological polar surface area (TPSA) is 72.9 Å². The molecule has 1 rings (SSSR count). The smallest absolute Gasteiger partial charge is 0.317 e. The molecule has 1 aliphatic rings. The first-order valence-electron chi connectivity index (χ1n) is 5.79. The third-order valence-corrected chi connectivity index (χ3v) is 3.22. The van der Waals surface area contributed by atoms with Crippen LogP contribution in [-0.4, -0.2) is 65.7 Å². The van der Waals surface area contributed by atoms with Gasteiger partial charge in [0.1, 0.15) is 0 Å². The average molecular weight is 243 g/mol. The second-order valence-corrected chi connectivity index (χ2v) is 5.03. The molecule has 0 unspecified atom stereocenters. The highest BCUT2D eigenvalue weighted by molar-refractivity contribution is 5.75. The number of likely N-dealkylation sites (N-methyl/N-ethyl adjacent to an activating group) is 1. The Morgan fingerprint density at radius 3 is 2.53 bits per heavy atom. The van der Waals surface area contributed by atoms with Crippen LogP contribution in [0.4, 0.5) is 4.79 Å². The summed E-state index contributed by atoms with van der Waals surface area (Å²) in [6.45, 7) is 6.52. The Labute approximate surface area is 102 Å². The Kier molecular flexibility index (Phi) is 4.34. The maximum absolute atomic E-state index is 11.8. The van der Waals surface area contributed by atoms with E-state index in [0.29, 0.717) is 13.1 Å². The highest BCUT2D eigenvalue weighted by atomic mass is 16.4. The molecule has 1 fully saturated rings. The molecule has 0 aromatic heterocycles. The van der Waals surface area contributed by atoms with E-state index in [0.717, 1.165) is 6.54 Å². The molecule has 2 amide bonds. The molecule has 17 heavy (non-hydrogen) atoms. The van der Waals surface area contributed by atoms with Gasteiger partial charge in [0.2, 0.25) is 0 Å². The minimum Gasteiger partial charge on any atom is -0.481 e. The number of hydrogen-bond acceptors (Lipinski definition) is 3. The molecule has 98 valence electrons. The molecule has 0 bridgehead atoms. The Balaban J connectivity index is 2.40. The summed E-state index contributed by atoms with van der Waals surface area (Å²) in [4.78, 5) is 26.1. The van der Waals surface area contributed by atoms with E-state index < -0.39 is 5.97 Å². The number of aliphatic carboxylic acids is 1. The van der Waals surface area contributed by atoms with Crippen molar-refractivity contribution in [2.75, 3.05) is 33.2 Å². The SMILES string of the molecule is CN1CCN(C(=O)NCCC(=O)O)CC1(C)C. The number of nitrogens with one attached hydrogen (secondary N) is 1. The van der Waals surface area contributed by atoms with Crippen LogP contribution in [0.5, 0.6) is 0 Å². The number of amides is 2. The number of hydrogen-bond donors (Lipinski definition) is 2. The monoisotopic (exact) mass is 243 g/mol. The Morgan fingerprint density at radius 2 is 2.00 bits per heavy atom. The summed E-state index contributed by atoms with van der Waals surface area (Å²) in [5.74, 6) is -0.899. The van der Waals surface area contributed by atoms with Crippen molar-refractivity contribution in [2.24, 2.45) is 0 Å². The van der Waals surface area contributed by atoms with Crippen LogP contribution in [0, 0.1) is 0 Å². The molecule has 0 spiro atoms. The average Bonchev–Trinajstić information content (AvgIpc) is 2.21. The molecular weight excluding hydrogens is 222 g/mol. The van der Waals surface area contributed by atoms with Crippen molar-refractivity contribution >= 4 is 12.0 Å². The molecule has 0 aromatic rings. The fourth-order valence-corrected chi connectivity index (χ4v) is 1.80. The first kappa shape index (κ1) is 13.8. The number of carboxylic acid groups (broad SMARTS) is 1. The van der Waals surface area contributed by atoms with Gasteiger partial charge in [-0.3, -0.25) is 9.69 Å². The summed E-state index contributed by atoms with van der Waals surface area (Å²) in [6, 6.07) is -0.174. The van der Waals surface area contributed by atoms with Crippen LogP contribution < -0.4 is 5.32 Å². The largest absolute Gasteiger partial charge is 0.481 e. The van der Waals surface area contributed by atoms with Crippen LogP contribution in [0.1, 0.15) is 20.3 Å². The summed E-state index contributed by atoms with van der Waals surface area (Å²) in [7, 11) is 2.04. The van der Waals surface area contributed by atoms with Crippen LogP contribution >= 0.6 is 0 Å². The van der Waals surface area contributed by atoms with Gasteiger partial charge in [0.15, 0.2) is 0 Å². The second-order valence-electron chi connectivity index (χ2n) is 5.03. The molecule has 2 N–H and O–H groups in total. The number of carbonyl (C=O) groups is 2. The van der Waals surface area contributed by atoms with Crippen LogP contribution in [0.3, 0.4) is 0 Å². The summed E-state index contributed by atoms with van der Waals surface area (Å²) >= 11 is 0. The van der Waals surface area contributed by atoms with Crippen LogP contribution in [0.25, 0.3) is 0 Å². The molecule has 0 saturated carbocycles. The van der Waals surface area contributed by atoms with Gasteiger partial charge in [-0.05, 0) is 20.9 Å². The van der Waals surface area contributed by atoms with E-state index in [1.54, 1.807) is 4.90 Å². The molecule has 6 nitrogen and oxygen atoms in total. The number of carbonyl (C=O) groups excluding carboxylic acids is 1. The van der Waals surface area contributed by atoms with Crippen LogP contribution in [-0.2, 0) is 4.79 Å². The molecule has 6 heteroatoms. The van der Waals surface area contributed by atoms with E-state index in [1.165, 1.54) is 0 Å². The van der Waals surface area contributed by atoms with Gasteiger partial charge in [0.05, 0.1) is 6.42 Å². The molecule has 1 aliphatic heterocycles. The van der Waals surface area contributed by atoms with E-state index >= 15 is 0 Å². The van der Waals surface area contributed by atoms with Gasteiger partial charge in [0, 0.05) is 31.7 Å². The fraction of sp³-hybridized carbons (Fsp3) is 0.818. The molecule has 0 aromatic carbocycles. The number of carboxylic acids is 1. The van der Waals surface area contributed by atoms with Gasteiger partial charge < -0.3 is 15.3 Å². The maximum atomic E-state index is 11.8. The van der Waals surface area contributed by atoms with E-state index in [4.69, 9.17) is 5.11 Å². The third kappa shape index (κ3) is 3.89. The second kappa shape index (κ2) is 5.35. The zero-order chi connectivity index (χ0) is 13.1. The van der Waals surface area contributed by atoms with Gasteiger partial charge in [-0.1, -0.05) is 0 Å². The molecule has 1 heterocycles. The van der Waals surface area contributed by atoms with E-state index in [2.05, 4.69) is 24.1 Å². The zero-order valence-electron chi connectivity index (χ0n) is 10.7.